The lowest BCUT2D eigenvalue weighted by Gasteiger charge is -2.04. The quantitative estimate of drug-likeness (QED) is 0.584. The van der Waals surface area contributed by atoms with Crippen molar-refractivity contribution in [2.24, 2.45) is 0 Å². The predicted molar refractivity (Wildman–Crippen MR) is 73.8 cm³/mol. The average Bonchev–Trinajstić information content (AvgIpc) is 2.86. The van der Waals surface area contributed by atoms with Crippen molar-refractivity contribution in [3.63, 3.8) is 0 Å². The van der Waals surface area contributed by atoms with E-state index >= 15 is 0 Å². The Labute approximate surface area is 112 Å². The summed E-state index contributed by atoms with van der Waals surface area (Å²) < 4.78 is 5.15. The van der Waals surface area contributed by atoms with Gasteiger partial charge in [-0.05, 0) is 29.7 Å². The molecule has 0 atom stereocenters. The molecule has 3 rings (SSSR count). The fourth-order valence-electron chi connectivity index (χ4n) is 1.69. The van der Waals surface area contributed by atoms with Crippen LogP contribution in [0.5, 0.6) is 0 Å². The van der Waals surface area contributed by atoms with Gasteiger partial charge in [-0.3, -0.25) is 10.1 Å². The molecule has 0 saturated carbocycles. The van der Waals surface area contributed by atoms with Gasteiger partial charge in [-0.2, -0.15) is 4.37 Å². The van der Waals surface area contributed by atoms with E-state index in [4.69, 9.17) is 0 Å². The number of rotatable bonds is 3. The minimum absolute atomic E-state index is 0.0105. The van der Waals surface area contributed by atoms with Crippen LogP contribution in [-0.4, -0.2) is 14.3 Å². The number of hydrogen-bond donors (Lipinski definition) is 1. The van der Waals surface area contributed by atoms with Gasteiger partial charge in [0.1, 0.15) is 5.82 Å². The van der Waals surface area contributed by atoms with E-state index in [1.165, 1.54) is 29.9 Å². The van der Waals surface area contributed by atoms with Crippen LogP contribution in [0.4, 0.5) is 17.2 Å². The van der Waals surface area contributed by atoms with Gasteiger partial charge in [-0.15, -0.1) is 0 Å². The summed E-state index contributed by atoms with van der Waals surface area (Å²) in [5.41, 5.74) is 0.834. The molecule has 0 radical (unpaired) electrons. The molecular weight excluding hydrogens is 264 g/mol. The topological polar surface area (TPSA) is 81.0 Å². The molecule has 0 unspecified atom stereocenters. The molecule has 7 heteroatoms. The van der Waals surface area contributed by atoms with Crippen LogP contribution in [0, 0.1) is 10.1 Å². The van der Waals surface area contributed by atoms with Crippen LogP contribution in [0.1, 0.15) is 0 Å². The highest BCUT2D eigenvalue weighted by atomic mass is 32.1. The number of nitro groups is 1. The molecule has 0 bridgehead atoms. The third kappa shape index (κ3) is 2.36. The van der Waals surface area contributed by atoms with Crippen LogP contribution in [0.15, 0.2) is 42.7 Å². The highest BCUT2D eigenvalue weighted by molar-refractivity contribution is 7.13. The van der Waals surface area contributed by atoms with Crippen molar-refractivity contribution in [2.75, 3.05) is 5.32 Å². The second-order valence-electron chi connectivity index (χ2n) is 3.86. The first-order chi connectivity index (χ1) is 9.22. The Kier molecular flexibility index (Phi) is 2.81. The zero-order chi connectivity index (χ0) is 13.2. The molecule has 0 aliphatic heterocycles. The van der Waals surface area contributed by atoms with Gasteiger partial charge in [0, 0.05) is 29.5 Å². The van der Waals surface area contributed by atoms with E-state index in [1.807, 2.05) is 18.2 Å². The molecule has 6 nitrogen and oxygen atoms in total. The van der Waals surface area contributed by atoms with E-state index in [2.05, 4.69) is 14.7 Å². The third-order valence-corrected chi connectivity index (χ3v) is 3.34. The molecule has 3 aromatic rings. The molecule has 1 aromatic carbocycles. The largest absolute Gasteiger partial charge is 0.340 e. The summed E-state index contributed by atoms with van der Waals surface area (Å²) >= 11 is 1.40. The lowest BCUT2D eigenvalue weighted by Crippen LogP contribution is -1.95. The number of nitrogens with zero attached hydrogens (tertiary/aromatic N) is 3. The minimum Gasteiger partial charge on any atom is -0.340 e. The van der Waals surface area contributed by atoms with Gasteiger partial charge < -0.3 is 5.32 Å². The molecule has 2 aromatic heterocycles. The number of hydrogen-bond acceptors (Lipinski definition) is 6. The minimum atomic E-state index is -0.445. The number of nitrogens with one attached hydrogen (secondary N) is 1. The van der Waals surface area contributed by atoms with Crippen LogP contribution < -0.4 is 5.32 Å². The number of pyridine rings is 1. The summed E-state index contributed by atoms with van der Waals surface area (Å²) in [6, 6.07) is 8.53. The van der Waals surface area contributed by atoms with Gasteiger partial charge in [0.2, 0.25) is 0 Å². The zero-order valence-corrected chi connectivity index (χ0v) is 10.4. The first-order valence-corrected chi connectivity index (χ1v) is 6.21. The van der Waals surface area contributed by atoms with Crippen molar-refractivity contribution in [3.8, 4) is 0 Å². The van der Waals surface area contributed by atoms with Crippen molar-refractivity contribution in [1.29, 1.82) is 0 Å². The van der Waals surface area contributed by atoms with E-state index in [0.717, 1.165) is 15.8 Å². The van der Waals surface area contributed by atoms with E-state index in [1.54, 1.807) is 6.20 Å². The molecule has 94 valence electrons. The predicted octanol–water partition coefficient (Wildman–Crippen LogP) is 3.34. The molecule has 19 heavy (non-hydrogen) atoms. The first kappa shape index (κ1) is 11.5. The van der Waals surface area contributed by atoms with Crippen LogP contribution in [0.25, 0.3) is 10.1 Å². The Morgan fingerprint density at radius 1 is 1.26 bits per heavy atom. The van der Waals surface area contributed by atoms with Gasteiger partial charge >= 0.3 is 0 Å². The average molecular weight is 272 g/mol. The second kappa shape index (κ2) is 4.62. The molecule has 0 aliphatic rings. The SMILES string of the molecule is O=[N+]([O-])c1ccnc(Nc2ccc3cnsc3c2)c1. The number of fused-ring (bicyclic) bond motifs is 1. The van der Waals surface area contributed by atoms with Crippen molar-refractivity contribution < 1.29 is 4.92 Å². The van der Waals surface area contributed by atoms with E-state index in [0.29, 0.717) is 5.82 Å². The van der Waals surface area contributed by atoms with Crippen LogP contribution in [0.2, 0.25) is 0 Å². The fraction of sp³-hybridized carbons (Fsp3) is 0. The zero-order valence-electron chi connectivity index (χ0n) is 9.61. The Morgan fingerprint density at radius 2 is 2.16 bits per heavy atom. The molecular formula is C12H8N4O2S. The Morgan fingerprint density at radius 3 is 3.00 bits per heavy atom. The summed E-state index contributed by atoms with van der Waals surface area (Å²) in [6.45, 7) is 0. The Bertz CT molecular complexity index is 756. The molecule has 0 fully saturated rings. The van der Waals surface area contributed by atoms with Crippen LogP contribution in [-0.2, 0) is 0 Å². The Hall–Kier alpha value is -2.54. The van der Waals surface area contributed by atoms with Crippen molar-refractivity contribution in [1.82, 2.24) is 9.36 Å². The van der Waals surface area contributed by atoms with Crippen LogP contribution >= 0.6 is 11.5 Å². The standard InChI is InChI=1S/C12H8N4O2S/c17-16(18)10-3-4-13-12(6-10)15-9-2-1-8-7-14-19-11(8)5-9/h1-7H,(H,13,15). The maximum absolute atomic E-state index is 10.7. The van der Waals surface area contributed by atoms with Gasteiger partial charge in [-0.1, -0.05) is 0 Å². The third-order valence-electron chi connectivity index (χ3n) is 2.58. The van der Waals surface area contributed by atoms with Crippen LogP contribution in [0.3, 0.4) is 0 Å². The highest BCUT2D eigenvalue weighted by Gasteiger charge is 2.07. The van der Waals surface area contributed by atoms with Crippen molar-refractivity contribution >= 4 is 38.8 Å². The fourth-order valence-corrected chi connectivity index (χ4v) is 2.37. The maximum Gasteiger partial charge on any atom is 0.274 e. The van der Waals surface area contributed by atoms with Crippen molar-refractivity contribution in [3.05, 3.63) is 52.8 Å². The molecule has 0 aliphatic carbocycles. The van der Waals surface area contributed by atoms with E-state index < -0.39 is 4.92 Å². The van der Waals surface area contributed by atoms with Crippen molar-refractivity contribution in [2.45, 2.75) is 0 Å². The summed E-state index contributed by atoms with van der Waals surface area (Å²) in [5, 5.41) is 14.8. The number of aromatic nitrogens is 2. The number of anilines is 2. The first-order valence-electron chi connectivity index (χ1n) is 5.44. The normalized spacial score (nSPS) is 10.5. The highest BCUT2D eigenvalue weighted by Crippen LogP contribution is 2.25. The number of benzene rings is 1. The summed E-state index contributed by atoms with van der Waals surface area (Å²) in [7, 11) is 0. The monoisotopic (exact) mass is 272 g/mol. The molecule has 0 spiro atoms. The molecule has 0 amide bonds. The van der Waals surface area contributed by atoms with Gasteiger partial charge in [-0.25, -0.2) is 4.98 Å². The van der Waals surface area contributed by atoms with Gasteiger partial charge in [0.05, 0.1) is 15.7 Å². The Balaban J connectivity index is 1.91. The smallest absolute Gasteiger partial charge is 0.274 e. The van der Waals surface area contributed by atoms with Gasteiger partial charge in [0.25, 0.3) is 5.69 Å². The summed E-state index contributed by atoms with van der Waals surface area (Å²) in [4.78, 5) is 14.3. The molecule has 2 heterocycles. The van der Waals surface area contributed by atoms with Gasteiger partial charge in [0.15, 0.2) is 0 Å². The second-order valence-corrected chi connectivity index (χ2v) is 4.69. The lowest BCUT2D eigenvalue weighted by atomic mass is 10.2. The lowest BCUT2D eigenvalue weighted by molar-refractivity contribution is -0.384. The molecule has 1 N–H and O–H groups in total. The van der Waals surface area contributed by atoms with E-state index in [9.17, 15) is 10.1 Å². The van der Waals surface area contributed by atoms with E-state index in [-0.39, 0.29) is 5.69 Å². The maximum atomic E-state index is 10.7. The molecule has 0 saturated heterocycles. The summed E-state index contributed by atoms with van der Waals surface area (Å²) in [6.07, 6.45) is 3.21. The summed E-state index contributed by atoms with van der Waals surface area (Å²) in [5.74, 6) is 0.443.